The molecule has 2 aromatic heterocycles. The molecule has 0 spiro atoms. The van der Waals surface area contributed by atoms with Crippen LogP contribution in [0, 0.1) is 13.1 Å². The van der Waals surface area contributed by atoms with Crippen LogP contribution in [0.4, 0.5) is 0 Å². The van der Waals surface area contributed by atoms with Crippen molar-refractivity contribution < 1.29 is 0 Å². The van der Waals surface area contributed by atoms with Crippen LogP contribution < -0.4 is 0 Å². The second-order valence-corrected chi connectivity index (χ2v) is 3.63. The van der Waals surface area contributed by atoms with Crippen molar-refractivity contribution in [3.05, 3.63) is 35.6 Å². The lowest BCUT2D eigenvalue weighted by Gasteiger charge is -1.91. The summed E-state index contributed by atoms with van der Waals surface area (Å²) < 4.78 is 0. The molecule has 0 aliphatic rings. The number of hydrogen-bond donors (Lipinski definition) is 0. The summed E-state index contributed by atoms with van der Waals surface area (Å²) in [4.78, 5) is 9.27. The van der Waals surface area contributed by atoms with Crippen LogP contribution >= 0.6 is 11.3 Å². The van der Waals surface area contributed by atoms with Crippen LogP contribution in [0.3, 0.4) is 0 Å². The largest absolute Gasteiger partial charge is 0.264 e. The van der Waals surface area contributed by atoms with Crippen molar-refractivity contribution >= 4 is 11.3 Å². The molecule has 0 fully saturated rings. The number of rotatable bonds is 1. The zero-order valence-corrected chi connectivity index (χ0v) is 7.43. The molecule has 0 saturated heterocycles. The molecule has 0 atom stereocenters. The van der Waals surface area contributed by atoms with E-state index in [-0.39, 0.29) is 0 Å². The molecule has 12 heavy (non-hydrogen) atoms. The summed E-state index contributed by atoms with van der Waals surface area (Å²) in [5.41, 5.74) is 1.06. The quantitative estimate of drug-likeness (QED) is 0.664. The van der Waals surface area contributed by atoms with Crippen molar-refractivity contribution in [2.24, 2.45) is 0 Å². The van der Waals surface area contributed by atoms with Gasteiger partial charge in [-0.05, 0) is 19.1 Å². The van der Waals surface area contributed by atoms with E-state index in [1.54, 1.807) is 17.5 Å². The lowest BCUT2D eigenvalue weighted by atomic mass is 10.3. The number of aryl methyl sites for hydroxylation is 1. The fourth-order valence-corrected chi connectivity index (χ4v) is 1.64. The molecule has 2 rings (SSSR count). The van der Waals surface area contributed by atoms with Crippen molar-refractivity contribution in [1.82, 2.24) is 9.97 Å². The monoisotopic (exact) mass is 175 g/mol. The zero-order chi connectivity index (χ0) is 8.39. The van der Waals surface area contributed by atoms with Crippen LogP contribution in [0.1, 0.15) is 4.88 Å². The van der Waals surface area contributed by atoms with Gasteiger partial charge in [0.05, 0.1) is 0 Å². The highest BCUT2D eigenvalue weighted by atomic mass is 32.1. The van der Waals surface area contributed by atoms with Gasteiger partial charge in [0.25, 0.3) is 0 Å². The molecule has 0 unspecified atom stereocenters. The minimum absolute atomic E-state index is 0.987. The Bertz CT molecular complexity index is 367. The standard InChI is InChI=1S/C9H7N2S/c1-7-5-11-9(12-7)8-3-2-4-10-6-8/h2-4,6H,1H3. The highest BCUT2D eigenvalue weighted by Crippen LogP contribution is 2.22. The molecule has 3 heteroatoms. The van der Waals surface area contributed by atoms with Crippen molar-refractivity contribution in [3.8, 4) is 10.6 Å². The van der Waals surface area contributed by atoms with Crippen molar-refractivity contribution in [3.63, 3.8) is 0 Å². The summed E-state index contributed by atoms with van der Waals surface area (Å²) in [5, 5.41) is 0.987. The van der Waals surface area contributed by atoms with Gasteiger partial charge in [-0.2, -0.15) is 0 Å². The Kier molecular flexibility index (Phi) is 1.87. The minimum Gasteiger partial charge on any atom is -0.264 e. The second kappa shape index (κ2) is 3.03. The molecule has 0 bridgehead atoms. The average molecular weight is 175 g/mol. The summed E-state index contributed by atoms with van der Waals surface area (Å²) in [6.45, 7) is 2.00. The van der Waals surface area contributed by atoms with Gasteiger partial charge >= 0.3 is 0 Å². The van der Waals surface area contributed by atoms with Crippen molar-refractivity contribution in [2.45, 2.75) is 6.92 Å². The summed E-state index contributed by atoms with van der Waals surface area (Å²) in [6.07, 6.45) is 6.48. The first-order chi connectivity index (χ1) is 5.86. The van der Waals surface area contributed by atoms with E-state index in [2.05, 4.69) is 16.2 Å². The Hall–Kier alpha value is -1.22. The summed E-state index contributed by atoms with van der Waals surface area (Å²) >= 11 is 1.63. The van der Waals surface area contributed by atoms with E-state index in [1.165, 1.54) is 0 Å². The SMILES string of the molecule is Cc1[c]nc(-c2cccnc2)s1. The third-order valence-electron chi connectivity index (χ3n) is 1.47. The van der Waals surface area contributed by atoms with E-state index >= 15 is 0 Å². The fraction of sp³-hybridized carbons (Fsp3) is 0.111. The maximum Gasteiger partial charge on any atom is 0.125 e. The molecule has 2 nitrogen and oxygen atoms in total. The topological polar surface area (TPSA) is 25.8 Å². The number of hydrogen-bond acceptors (Lipinski definition) is 3. The van der Waals surface area contributed by atoms with Gasteiger partial charge in [0.1, 0.15) is 11.2 Å². The maximum absolute atomic E-state index is 4.14. The number of nitrogens with zero attached hydrogens (tertiary/aromatic N) is 2. The Morgan fingerprint density at radius 3 is 3.00 bits per heavy atom. The Morgan fingerprint density at radius 2 is 2.42 bits per heavy atom. The maximum atomic E-state index is 4.14. The predicted octanol–water partition coefficient (Wildman–Crippen LogP) is 2.31. The van der Waals surface area contributed by atoms with Crippen LogP contribution in [0.5, 0.6) is 0 Å². The summed E-state index contributed by atoms with van der Waals surface area (Å²) in [7, 11) is 0. The number of thiazole rings is 1. The second-order valence-electron chi connectivity index (χ2n) is 2.43. The van der Waals surface area contributed by atoms with Crippen LogP contribution in [0.15, 0.2) is 24.5 Å². The first-order valence-corrected chi connectivity index (χ1v) is 4.43. The Morgan fingerprint density at radius 1 is 1.50 bits per heavy atom. The number of pyridine rings is 1. The van der Waals surface area contributed by atoms with E-state index in [4.69, 9.17) is 0 Å². The summed E-state index contributed by atoms with van der Waals surface area (Å²) in [6, 6.07) is 3.91. The van der Waals surface area contributed by atoms with Gasteiger partial charge in [-0.1, -0.05) is 0 Å². The third-order valence-corrected chi connectivity index (χ3v) is 2.39. The lowest BCUT2D eigenvalue weighted by molar-refractivity contribution is 1.30. The first kappa shape index (κ1) is 7.43. The molecule has 2 heterocycles. The van der Waals surface area contributed by atoms with Gasteiger partial charge in [0.15, 0.2) is 0 Å². The van der Waals surface area contributed by atoms with Crippen molar-refractivity contribution in [1.29, 1.82) is 0 Å². The fourth-order valence-electron chi connectivity index (χ4n) is 0.933. The normalized spacial score (nSPS) is 10.1. The van der Waals surface area contributed by atoms with Crippen LogP contribution in [0.2, 0.25) is 0 Å². The minimum atomic E-state index is 0.987. The number of aromatic nitrogens is 2. The average Bonchev–Trinajstić information content (AvgIpc) is 2.54. The van der Waals surface area contributed by atoms with Crippen molar-refractivity contribution in [2.75, 3.05) is 0 Å². The van der Waals surface area contributed by atoms with Gasteiger partial charge in [0.2, 0.25) is 0 Å². The first-order valence-electron chi connectivity index (χ1n) is 3.62. The van der Waals surface area contributed by atoms with E-state index in [0.717, 1.165) is 15.4 Å². The van der Waals surface area contributed by atoms with E-state index in [9.17, 15) is 0 Å². The molecule has 0 aliphatic carbocycles. The van der Waals surface area contributed by atoms with Crippen LogP contribution in [0.25, 0.3) is 10.6 Å². The molecule has 0 saturated carbocycles. The molecule has 2 aromatic rings. The molecule has 1 radical (unpaired) electrons. The molecular formula is C9H7N2S. The third kappa shape index (κ3) is 1.36. The van der Waals surface area contributed by atoms with Gasteiger partial charge in [-0.3, -0.25) is 4.98 Å². The predicted molar refractivity (Wildman–Crippen MR) is 48.9 cm³/mol. The molecule has 0 aromatic carbocycles. The smallest absolute Gasteiger partial charge is 0.125 e. The highest BCUT2D eigenvalue weighted by molar-refractivity contribution is 7.14. The van der Waals surface area contributed by atoms with E-state index in [1.807, 2.05) is 25.3 Å². The van der Waals surface area contributed by atoms with E-state index < -0.39 is 0 Å². The molecule has 0 amide bonds. The highest BCUT2D eigenvalue weighted by Gasteiger charge is 2.00. The van der Waals surface area contributed by atoms with Gasteiger partial charge in [0, 0.05) is 22.8 Å². The van der Waals surface area contributed by atoms with E-state index in [0.29, 0.717) is 0 Å². The van der Waals surface area contributed by atoms with Crippen LogP contribution in [-0.4, -0.2) is 9.97 Å². The Labute approximate surface area is 74.9 Å². The summed E-state index contributed by atoms with van der Waals surface area (Å²) in [5.74, 6) is 0. The van der Waals surface area contributed by atoms with Gasteiger partial charge < -0.3 is 0 Å². The van der Waals surface area contributed by atoms with Gasteiger partial charge in [-0.15, -0.1) is 11.3 Å². The Balaban J connectivity index is 2.45. The lowest BCUT2D eigenvalue weighted by Crippen LogP contribution is -1.75. The van der Waals surface area contributed by atoms with Gasteiger partial charge in [-0.25, -0.2) is 4.98 Å². The molecule has 0 N–H and O–H groups in total. The van der Waals surface area contributed by atoms with Crippen LogP contribution in [-0.2, 0) is 0 Å². The molecular weight excluding hydrogens is 168 g/mol. The zero-order valence-electron chi connectivity index (χ0n) is 6.61. The molecule has 0 aliphatic heterocycles. The molecule has 59 valence electrons.